The first-order valence-corrected chi connectivity index (χ1v) is 10.4. The van der Waals surface area contributed by atoms with Crippen molar-refractivity contribution in [3.05, 3.63) is 30.5 Å². The molecule has 1 aliphatic heterocycles. The lowest BCUT2D eigenvalue weighted by atomic mass is 10.1. The fraction of sp³-hybridized carbons (Fsp3) is 0.571. The van der Waals surface area contributed by atoms with E-state index in [9.17, 15) is 0 Å². The average Bonchev–Trinajstić information content (AvgIpc) is 3.03. The highest BCUT2D eigenvalue weighted by molar-refractivity contribution is 5.59. The minimum absolute atomic E-state index is 0.509. The number of methoxy groups -OCH3 is 1. The number of piperazine rings is 1. The quantitative estimate of drug-likeness (QED) is 0.796. The number of para-hydroxylation sites is 2. The van der Waals surface area contributed by atoms with Gasteiger partial charge in [0.1, 0.15) is 5.75 Å². The Morgan fingerprint density at radius 1 is 0.964 bits per heavy atom. The molecule has 28 heavy (non-hydrogen) atoms. The van der Waals surface area contributed by atoms with Gasteiger partial charge >= 0.3 is 0 Å². The molecule has 0 amide bonds. The Labute approximate surface area is 167 Å². The summed E-state index contributed by atoms with van der Waals surface area (Å²) >= 11 is 0. The Morgan fingerprint density at radius 2 is 1.68 bits per heavy atom. The number of benzene rings is 1. The van der Waals surface area contributed by atoms with Gasteiger partial charge in [-0.25, -0.2) is 0 Å². The summed E-state index contributed by atoms with van der Waals surface area (Å²) in [6, 6.07) is 8.70. The molecule has 1 aliphatic carbocycles. The molecule has 0 bridgehead atoms. The van der Waals surface area contributed by atoms with Gasteiger partial charge in [0.2, 0.25) is 5.95 Å². The van der Waals surface area contributed by atoms with Crippen molar-refractivity contribution in [1.29, 1.82) is 0 Å². The molecule has 150 valence electrons. The third kappa shape index (κ3) is 4.46. The Hall–Kier alpha value is -2.57. The van der Waals surface area contributed by atoms with Crippen molar-refractivity contribution in [1.82, 2.24) is 15.2 Å². The van der Waals surface area contributed by atoms with Crippen LogP contribution in [0.1, 0.15) is 38.5 Å². The lowest BCUT2D eigenvalue weighted by Crippen LogP contribution is -2.47. The van der Waals surface area contributed by atoms with E-state index in [1.54, 1.807) is 13.3 Å². The van der Waals surface area contributed by atoms with E-state index in [4.69, 9.17) is 9.72 Å². The Morgan fingerprint density at radius 3 is 2.43 bits per heavy atom. The van der Waals surface area contributed by atoms with Crippen molar-refractivity contribution in [3.8, 4) is 5.75 Å². The van der Waals surface area contributed by atoms with E-state index in [0.717, 1.165) is 49.4 Å². The predicted octanol–water partition coefficient (Wildman–Crippen LogP) is 3.34. The van der Waals surface area contributed by atoms with Crippen LogP contribution in [0.3, 0.4) is 0 Å². The van der Waals surface area contributed by atoms with Crippen molar-refractivity contribution in [3.63, 3.8) is 0 Å². The number of hydrogen-bond acceptors (Lipinski definition) is 7. The molecule has 1 saturated heterocycles. The standard InChI is InChI=1S/C21H30N6O/c1-28-19-11-7-6-10-18(19)26-12-14-27(15-13-26)21-24-20(16-22-25-21)23-17-8-4-2-3-5-9-17/h6-7,10-11,16-17H,2-5,8-9,12-15H2,1H3,(H,23,24,25). The summed E-state index contributed by atoms with van der Waals surface area (Å²) in [4.78, 5) is 9.33. The molecule has 2 aliphatic rings. The molecule has 0 unspecified atom stereocenters. The summed E-state index contributed by atoms with van der Waals surface area (Å²) in [5.41, 5.74) is 1.15. The number of hydrogen-bond donors (Lipinski definition) is 1. The van der Waals surface area contributed by atoms with E-state index in [-0.39, 0.29) is 0 Å². The van der Waals surface area contributed by atoms with Crippen molar-refractivity contribution in [2.45, 2.75) is 44.6 Å². The van der Waals surface area contributed by atoms with Crippen molar-refractivity contribution in [2.24, 2.45) is 0 Å². The molecule has 0 atom stereocenters. The Balaban J connectivity index is 1.38. The van der Waals surface area contributed by atoms with E-state index in [1.165, 1.54) is 38.5 Å². The molecule has 1 N–H and O–H groups in total. The van der Waals surface area contributed by atoms with Crippen LogP contribution in [0.25, 0.3) is 0 Å². The van der Waals surface area contributed by atoms with Crippen LogP contribution in [0.4, 0.5) is 17.5 Å². The molecule has 2 aromatic rings. The van der Waals surface area contributed by atoms with Gasteiger partial charge in [0.15, 0.2) is 5.82 Å². The zero-order chi connectivity index (χ0) is 19.2. The zero-order valence-corrected chi connectivity index (χ0v) is 16.7. The summed E-state index contributed by atoms with van der Waals surface area (Å²) in [6.45, 7) is 3.55. The van der Waals surface area contributed by atoms with Gasteiger partial charge in [0.25, 0.3) is 0 Å². The molecule has 1 aromatic carbocycles. The van der Waals surface area contributed by atoms with Crippen molar-refractivity contribution < 1.29 is 4.74 Å². The molecule has 2 fully saturated rings. The summed E-state index contributed by atoms with van der Waals surface area (Å²) in [6.07, 6.45) is 9.49. The first-order valence-electron chi connectivity index (χ1n) is 10.4. The maximum absolute atomic E-state index is 5.51. The molecule has 0 radical (unpaired) electrons. The lowest BCUT2D eigenvalue weighted by molar-refractivity contribution is 0.413. The van der Waals surface area contributed by atoms with Gasteiger partial charge in [-0.05, 0) is 25.0 Å². The van der Waals surface area contributed by atoms with Crippen LogP contribution >= 0.6 is 0 Å². The van der Waals surface area contributed by atoms with Crippen LogP contribution < -0.4 is 19.9 Å². The van der Waals surface area contributed by atoms with Crippen molar-refractivity contribution in [2.75, 3.05) is 48.4 Å². The highest BCUT2D eigenvalue weighted by atomic mass is 16.5. The second-order valence-corrected chi connectivity index (χ2v) is 7.62. The number of ether oxygens (including phenoxy) is 1. The number of anilines is 3. The van der Waals surface area contributed by atoms with Crippen LogP contribution in [0.2, 0.25) is 0 Å². The highest BCUT2D eigenvalue weighted by Gasteiger charge is 2.22. The van der Waals surface area contributed by atoms with Crippen LogP contribution in [0, 0.1) is 0 Å². The van der Waals surface area contributed by atoms with Crippen LogP contribution in [-0.2, 0) is 0 Å². The summed E-state index contributed by atoms with van der Waals surface area (Å²) in [7, 11) is 1.72. The fourth-order valence-corrected chi connectivity index (χ4v) is 4.17. The number of aromatic nitrogens is 3. The number of nitrogens with zero attached hydrogens (tertiary/aromatic N) is 5. The molecule has 7 nitrogen and oxygen atoms in total. The minimum Gasteiger partial charge on any atom is -0.495 e. The molecule has 7 heteroatoms. The van der Waals surface area contributed by atoms with Crippen LogP contribution in [0.5, 0.6) is 5.75 Å². The van der Waals surface area contributed by atoms with Gasteiger partial charge in [0, 0.05) is 32.2 Å². The molecular weight excluding hydrogens is 352 g/mol. The van der Waals surface area contributed by atoms with Gasteiger partial charge in [-0.15, -0.1) is 5.10 Å². The highest BCUT2D eigenvalue weighted by Crippen LogP contribution is 2.29. The second kappa shape index (κ2) is 9.08. The third-order valence-corrected chi connectivity index (χ3v) is 5.74. The van der Waals surface area contributed by atoms with Crippen molar-refractivity contribution >= 4 is 17.5 Å². The Kier molecular flexibility index (Phi) is 6.09. The largest absolute Gasteiger partial charge is 0.495 e. The van der Waals surface area contributed by atoms with E-state index < -0.39 is 0 Å². The minimum atomic E-state index is 0.509. The molecular formula is C21H30N6O. The normalized spacial score (nSPS) is 18.6. The first kappa shape index (κ1) is 18.8. The van der Waals surface area contributed by atoms with Crippen LogP contribution in [-0.4, -0.2) is 54.5 Å². The predicted molar refractivity (Wildman–Crippen MR) is 112 cm³/mol. The molecule has 1 aromatic heterocycles. The van der Waals surface area contributed by atoms with E-state index in [0.29, 0.717) is 6.04 Å². The second-order valence-electron chi connectivity index (χ2n) is 7.62. The summed E-state index contributed by atoms with van der Waals surface area (Å²) in [5, 5.41) is 12.1. The van der Waals surface area contributed by atoms with Gasteiger partial charge in [-0.1, -0.05) is 37.8 Å². The van der Waals surface area contributed by atoms with E-state index in [1.807, 2.05) is 12.1 Å². The number of rotatable bonds is 5. The van der Waals surface area contributed by atoms with E-state index in [2.05, 4.69) is 37.4 Å². The van der Waals surface area contributed by atoms with Crippen LogP contribution in [0.15, 0.2) is 30.5 Å². The summed E-state index contributed by atoms with van der Waals surface area (Å²) in [5.74, 6) is 2.49. The molecule has 0 spiro atoms. The van der Waals surface area contributed by atoms with Gasteiger partial charge < -0.3 is 19.9 Å². The SMILES string of the molecule is COc1ccccc1N1CCN(c2nncc(NC3CCCCCC3)n2)CC1. The molecule has 4 rings (SSSR count). The maximum atomic E-state index is 5.51. The van der Waals surface area contributed by atoms with Gasteiger partial charge in [-0.2, -0.15) is 10.1 Å². The molecule has 1 saturated carbocycles. The monoisotopic (exact) mass is 382 g/mol. The third-order valence-electron chi connectivity index (χ3n) is 5.74. The maximum Gasteiger partial charge on any atom is 0.247 e. The topological polar surface area (TPSA) is 66.4 Å². The lowest BCUT2D eigenvalue weighted by Gasteiger charge is -2.36. The zero-order valence-electron chi connectivity index (χ0n) is 16.7. The summed E-state index contributed by atoms with van der Waals surface area (Å²) < 4.78 is 5.51. The fourth-order valence-electron chi connectivity index (χ4n) is 4.17. The first-order chi connectivity index (χ1) is 13.8. The number of nitrogens with one attached hydrogen (secondary N) is 1. The smallest absolute Gasteiger partial charge is 0.247 e. The Bertz CT molecular complexity index is 754. The molecule has 2 heterocycles. The van der Waals surface area contributed by atoms with Gasteiger partial charge in [-0.3, -0.25) is 0 Å². The van der Waals surface area contributed by atoms with Gasteiger partial charge in [0.05, 0.1) is 19.0 Å². The average molecular weight is 383 g/mol. The van der Waals surface area contributed by atoms with E-state index >= 15 is 0 Å².